The molecule has 0 heterocycles. The van der Waals surface area contributed by atoms with E-state index in [1.807, 2.05) is 36.5 Å². The number of carbonyl (C=O) groups excluding carboxylic acids is 4. The van der Waals surface area contributed by atoms with Crippen LogP contribution in [0.4, 0.5) is 0 Å². The number of aliphatic hydroxyl groups is 1. The molecule has 564 valence electrons. The highest BCUT2D eigenvalue weighted by Crippen LogP contribution is 2.45. The molecule has 0 bridgehead atoms. The third-order valence-electron chi connectivity index (χ3n) is 14.4. The van der Waals surface area contributed by atoms with Crippen molar-refractivity contribution >= 4 is 39.5 Å². The molecule has 0 aliphatic heterocycles. The van der Waals surface area contributed by atoms with Gasteiger partial charge in [-0.2, -0.15) is 0 Å². The minimum absolute atomic E-state index is 0.0464. The first kappa shape index (κ1) is 94.2. The van der Waals surface area contributed by atoms with Gasteiger partial charge in [-0.25, -0.2) is 9.13 Å². The van der Waals surface area contributed by atoms with E-state index in [0.717, 1.165) is 148 Å². The molecule has 5 atom stereocenters. The summed E-state index contributed by atoms with van der Waals surface area (Å²) in [6, 6.07) is 0. The van der Waals surface area contributed by atoms with Gasteiger partial charge in [0.1, 0.15) is 19.3 Å². The van der Waals surface area contributed by atoms with E-state index in [-0.39, 0.29) is 25.7 Å². The summed E-state index contributed by atoms with van der Waals surface area (Å²) in [5.74, 6) is -2.53. The molecule has 3 N–H and O–H groups in total. The van der Waals surface area contributed by atoms with E-state index in [0.29, 0.717) is 25.7 Å². The molecule has 100 heavy (non-hydrogen) atoms. The van der Waals surface area contributed by atoms with Crippen molar-refractivity contribution in [1.29, 1.82) is 0 Å². The van der Waals surface area contributed by atoms with Crippen LogP contribution in [0.2, 0.25) is 0 Å². The Kier molecular flexibility index (Phi) is 67.4. The number of phosphoric ester groups is 2. The lowest BCUT2D eigenvalue weighted by Gasteiger charge is -2.21. The number of hydrogen-bond donors (Lipinski definition) is 3. The average Bonchev–Trinajstić information content (AvgIpc) is 1.01. The number of hydrogen-bond acceptors (Lipinski definition) is 15. The molecule has 0 aliphatic carbocycles. The number of aliphatic hydroxyl groups excluding tert-OH is 1. The van der Waals surface area contributed by atoms with Crippen LogP contribution in [0.25, 0.3) is 0 Å². The standard InChI is InChI=1S/C81H128O17P2/c1-5-9-13-17-21-25-29-33-37-41-45-49-53-57-61-65-78(83)91-71-76(97-80(85)67-63-59-55-51-47-43-39-35-31-27-23-19-15-11-7-3)73-95-99(87,88)93-69-75(82)70-94-100(89,90)96-74-77(98-81(86)68-64-60-56-52-48-44-40-36-32-28-24-20-16-12-8-4)72-92-79(84)66-62-58-54-50-46-42-38-34-30-26-22-18-14-10-6-2/h9-11,13-15,21-28,33-40,45-46,49-50,57-58,61-62,75-77,82H,5-8,12,16-20,29-32,41-44,47-48,51-56,59-60,63-74H2,1-4H3,(H,87,88)(H,89,90)/b13-9-,14-10-,15-11-,25-21-,26-22-,27-23-,28-24-,37-33-,38-34-,39-35-,40-36-,49-45-,50-46-,61-57-,62-58-. The van der Waals surface area contributed by atoms with E-state index in [1.54, 1.807) is 12.2 Å². The van der Waals surface area contributed by atoms with Crippen molar-refractivity contribution in [1.82, 2.24) is 0 Å². The number of allylic oxidation sites excluding steroid dienone is 28. The first-order chi connectivity index (χ1) is 48.7. The zero-order valence-corrected chi connectivity index (χ0v) is 63.1. The Balaban J connectivity index is 5.54. The van der Waals surface area contributed by atoms with Crippen molar-refractivity contribution in [3.63, 3.8) is 0 Å². The molecule has 0 aliphatic rings. The van der Waals surface area contributed by atoms with E-state index < -0.39 is 97.5 Å². The van der Waals surface area contributed by atoms with Gasteiger partial charge in [0.05, 0.1) is 39.3 Å². The molecular formula is C81H128O17P2. The lowest BCUT2D eigenvalue weighted by Crippen LogP contribution is -2.30. The first-order valence-corrected chi connectivity index (χ1v) is 40.0. The Hall–Kier alpha value is -5.84. The SMILES string of the molecule is CC/C=C\C/C=C\C/C=C\C/C=C\C/C=C\CC(=O)OCC(COP(=O)(O)OCC(O)COP(=O)(O)OCC(COC(=O)C/C=C\C/C=C\C/C=C\C/C=C\C/C=C\CC)OC(=O)CCCCCCC/C=C\C/C=C\CCCCC)OC(=O)CCCCCCC/C=C\C/C=C\C/C=C\CC. The maximum Gasteiger partial charge on any atom is 0.472 e. The fourth-order valence-corrected chi connectivity index (χ4v) is 10.5. The molecule has 0 radical (unpaired) electrons. The molecule has 19 heteroatoms. The maximum atomic E-state index is 13.1. The van der Waals surface area contributed by atoms with Crippen molar-refractivity contribution in [2.24, 2.45) is 0 Å². The molecule has 0 saturated carbocycles. The number of unbranched alkanes of at least 4 members (excludes halogenated alkanes) is 13. The fourth-order valence-electron chi connectivity index (χ4n) is 8.88. The van der Waals surface area contributed by atoms with Gasteiger partial charge in [0.15, 0.2) is 12.2 Å². The topological polar surface area (TPSA) is 237 Å². The second kappa shape index (κ2) is 71.6. The van der Waals surface area contributed by atoms with Crippen LogP contribution in [-0.2, 0) is 65.4 Å². The molecule has 0 aromatic heterocycles. The van der Waals surface area contributed by atoms with Gasteiger partial charge in [-0.15, -0.1) is 0 Å². The van der Waals surface area contributed by atoms with Gasteiger partial charge in [-0.3, -0.25) is 37.3 Å². The van der Waals surface area contributed by atoms with Gasteiger partial charge >= 0.3 is 39.5 Å². The number of ether oxygens (including phenoxy) is 4. The van der Waals surface area contributed by atoms with E-state index in [2.05, 4.69) is 161 Å². The Morgan fingerprint density at radius 3 is 0.850 bits per heavy atom. The highest BCUT2D eigenvalue weighted by atomic mass is 31.2. The smallest absolute Gasteiger partial charge is 0.461 e. The van der Waals surface area contributed by atoms with Crippen LogP contribution >= 0.6 is 15.6 Å². The largest absolute Gasteiger partial charge is 0.472 e. The van der Waals surface area contributed by atoms with Gasteiger partial charge in [-0.1, -0.05) is 261 Å². The summed E-state index contributed by atoms with van der Waals surface area (Å²) in [5, 5.41) is 10.6. The van der Waals surface area contributed by atoms with E-state index in [9.17, 15) is 43.2 Å². The van der Waals surface area contributed by atoms with E-state index >= 15 is 0 Å². The van der Waals surface area contributed by atoms with Crippen molar-refractivity contribution < 1.29 is 80.2 Å². The molecule has 0 aromatic rings. The van der Waals surface area contributed by atoms with Crippen molar-refractivity contribution in [3.8, 4) is 0 Å². The molecule has 0 spiro atoms. The fraction of sp³-hybridized carbons (Fsp3) is 0.580. The van der Waals surface area contributed by atoms with Crippen LogP contribution in [0.5, 0.6) is 0 Å². The Morgan fingerprint density at radius 2 is 0.550 bits per heavy atom. The summed E-state index contributed by atoms with van der Waals surface area (Å²) in [4.78, 5) is 72.7. The van der Waals surface area contributed by atoms with Gasteiger partial charge in [0, 0.05) is 12.8 Å². The minimum Gasteiger partial charge on any atom is -0.461 e. The molecular weight excluding hydrogens is 1310 g/mol. The van der Waals surface area contributed by atoms with Crippen LogP contribution in [0, 0.1) is 0 Å². The van der Waals surface area contributed by atoms with Gasteiger partial charge < -0.3 is 33.8 Å². The second-order valence-corrected chi connectivity index (χ2v) is 26.7. The molecule has 0 aromatic carbocycles. The van der Waals surface area contributed by atoms with Crippen LogP contribution in [-0.4, -0.2) is 96.7 Å². The van der Waals surface area contributed by atoms with E-state index in [1.165, 1.54) is 19.3 Å². The molecule has 0 rings (SSSR count). The van der Waals surface area contributed by atoms with Crippen LogP contribution in [0.1, 0.15) is 246 Å². The maximum absolute atomic E-state index is 13.1. The number of phosphoric acid groups is 2. The second-order valence-electron chi connectivity index (χ2n) is 23.8. The zero-order chi connectivity index (χ0) is 73.2. The summed E-state index contributed by atoms with van der Waals surface area (Å²) in [6.07, 6.45) is 85.2. The monoisotopic (exact) mass is 1430 g/mol. The summed E-state index contributed by atoms with van der Waals surface area (Å²) in [6.45, 7) is 4.19. The Bertz CT molecular complexity index is 2620. The first-order valence-electron chi connectivity index (χ1n) is 37.0. The minimum atomic E-state index is -5.01. The van der Waals surface area contributed by atoms with Crippen molar-refractivity contribution in [3.05, 3.63) is 182 Å². The lowest BCUT2D eigenvalue weighted by molar-refractivity contribution is -0.161. The molecule has 0 amide bonds. The summed E-state index contributed by atoms with van der Waals surface area (Å²) in [7, 11) is -10.0. The Morgan fingerprint density at radius 1 is 0.300 bits per heavy atom. The normalized spacial score (nSPS) is 15.0. The van der Waals surface area contributed by atoms with Crippen LogP contribution in [0.3, 0.4) is 0 Å². The highest BCUT2D eigenvalue weighted by molar-refractivity contribution is 7.47. The van der Waals surface area contributed by atoms with E-state index in [4.69, 9.17) is 37.0 Å². The van der Waals surface area contributed by atoms with Crippen LogP contribution < -0.4 is 0 Å². The molecule has 5 unspecified atom stereocenters. The summed E-state index contributed by atoms with van der Waals surface area (Å²) in [5.41, 5.74) is 0. The lowest BCUT2D eigenvalue weighted by atomic mass is 10.1. The predicted molar refractivity (Wildman–Crippen MR) is 408 cm³/mol. The van der Waals surface area contributed by atoms with Gasteiger partial charge in [0.2, 0.25) is 0 Å². The molecule has 0 saturated heterocycles. The summed E-state index contributed by atoms with van der Waals surface area (Å²) >= 11 is 0. The van der Waals surface area contributed by atoms with Gasteiger partial charge in [0.25, 0.3) is 0 Å². The number of esters is 4. The zero-order valence-electron chi connectivity index (χ0n) is 61.3. The molecule has 17 nitrogen and oxygen atoms in total. The summed E-state index contributed by atoms with van der Waals surface area (Å²) < 4.78 is 68.1. The highest BCUT2D eigenvalue weighted by Gasteiger charge is 2.30. The quantitative estimate of drug-likeness (QED) is 0.0169. The Labute approximate surface area is 603 Å². The van der Waals surface area contributed by atoms with Crippen LogP contribution in [0.15, 0.2) is 182 Å². The number of carbonyl (C=O) groups is 4. The van der Waals surface area contributed by atoms with Gasteiger partial charge in [-0.05, 0) is 141 Å². The molecule has 0 fully saturated rings. The average molecular weight is 1440 g/mol. The van der Waals surface area contributed by atoms with Crippen molar-refractivity contribution in [2.75, 3.05) is 39.6 Å². The number of rotatable bonds is 67. The third kappa shape index (κ3) is 70.6. The third-order valence-corrected chi connectivity index (χ3v) is 16.3. The predicted octanol–water partition coefficient (Wildman–Crippen LogP) is 21.2. The van der Waals surface area contributed by atoms with Crippen molar-refractivity contribution in [2.45, 2.75) is 264 Å².